The van der Waals surface area contributed by atoms with Crippen LogP contribution in [0, 0.1) is 5.82 Å². The lowest BCUT2D eigenvalue weighted by molar-refractivity contribution is 0.296. The number of thiophene rings is 1. The van der Waals surface area contributed by atoms with Gasteiger partial charge in [0, 0.05) is 10.9 Å². The van der Waals surface area contributed by atoms with Crippen molar-refractivity contribution >= 4 is 21.6 Å². The Bertz CT molecular complexity index is 1050. The number of benzene rings is 2. The molecule has 0 N–H and O–H groups in total. The largest absolute Gasteiger partial charge is 0.494 e. The Morgan fingerprint density at radius 2 is 1.92 bits per heavy atom. The number of fused-ring (bicyclic) bond motifs is 1. The molecule has 0 aliphatic heterocycles. The smallest absolute Gasteiger partial charge is 0.226 e. The van der Waals surface area contributed by atoms with Gasteiger partial charge in [0.15, 0.2) is 11.6 Å². The molecule has 0 saturated carbocycles. The zero-order valence-electron chi connectivity index (χ0n) is 14.0. The van der Waals surface area contributed by atoms with Crippen LogP contribution in [0.25, 0.3) is 21.3 Å². The van der Waals surface area contributed by atoms with Gasteiger partial charge in [-0.25, -0.2) is 14.4 Å². The molecule has 130 valence electrons. The van der Waals surface area contributed by atoms with E-state index in [1.54, 1.807) is 23.5 Å². The Labute approximate surface area is 153 Å². The summed E-state index contributed by atoms with van der Waals surface area (Å²) in [6, 6.07) is 14.8. The molecule has 0 spiro atoms. The third-order valence-corrected chi connectivity index (χ3v) is 4.90. The Morgan fingerprint density at radius 1 is 1.08 bits per heavy atom. The molecule has 0 aliphatic rings. The molecule has 2 heterocycles. The van der Waals surface area contributed by atoms with Crippen LogP contribution in [0.3, 0.4) is 0 Å². The molecule has 2 aromatic heterocycles. The van der Waals surface area contributed by atoms with Crippen LogP contribution in [0.4, 0.5) is 4.39 Å². The fourth-order valence-electron chi connectivity index (χ4n) is 2.74. The molecule has 4 nitrogen and oxygen atoms in total. The van der Waals surface area contributed by atoms with Gasteiger partial charge in [0.05, 0.1) is 12.5 Å². The minimum Gasteiger partial charge on any atom is -0.494 e. The first-order valence-electron chi connectivity index (χ1n) is 7.99. The predicted molar refractivity (Wildman–Crippen MR) is 100 cm³/mol. The van der Waals surface area contributed by atoms with E-state index in [0.717, 1.165) is 21.3 Å². The average molecular weight is 366 g/mol. The number of hydrogen-bond acceptors (Lipinski definition) is 5. The van der Waals surface area contributed by atoms with Gasteiger partial charge in [0.25, 0.3) is 0 Å². The summed E-state index contributed by atoms with van der Waals surface area (Å²) in [4.78, 5) is 9.48. The first-order valence-corrected chi connectivity index (χ1v) is 8.87. The van der Waals surface area contributed by atoms with Crippen LogP contribution in [-0.4, -0.2) is 17.1 Å². The summed E-state index contributed by atoms with van der Waals surface area (Å²) < 4.78 is 24.7. The van der Waals surface area contributed by atoms with Gasteiger partial charge < -0.3 is 9.47 Å². The molecule has 4 aromatic rings. The molecule has 0 atom stereocenters. The molecular formula is C20H15FN2O2S. The summed E-state index contributed by atoms with van der Waals surface area (Å²) in [6.07, 6.45) is 1.48. The second kappa shape index (κ2) is 7.09. The van der Waals surface area contributed by atoms with Crippen molar-refractivity contribution < 1.29 is 13.9 Å². The van der Waals surface area contributed by atoms with Crippen molar-refractivity contribution in [3.05, 3.63) is 71.6 Å². The van der Waals surface area contributed by atoms with E-state index >= 15 is 0 Å². The number of nitrogens with zero attached hydrogens (tertiary/aromatic N) is 2. The number of rotatable bonds is 5. The normalized spacial score (nSPS) is 10.8. The minimum absolute atomic E-state index is 0.205. The van der Waals surface area contributed by atoms with Gasteiger partial charge in [0.2, 0.25) is 5.88 Å². The van der Waals surface area contributed by atoms with Gasteiger partial charge >= 0.3 is 0 Å². The number of methoxy groups -OCH3 is 1. The molecule has 6 heteroatoms. The standard InChI is InChI=1S/C20H15FN2O2S/c1-24-17-8-7-13(9-16(17)21)10-25-19-18-15(14-5-3-2-4-6-14)11-26-20(18)23-12-22-19/h2-9,11-12H,10H2,1H3. The molecule has 0 radical (unpaired) electrons. The molecule has 26 heavy (non-hydrogen) atoms. The highest BCUT2D eigenvalue weighted by molar-refractivity contribution is 7.17. The van der Waals surface area contributed by atoms with Gasteiger partial charge in [-0.3, -0.25) is 0 Å². The molecule has 0 aliphatic carbocycles. The van der Waals surface area contributed by atoms with Crippen LogP contribution < -0.4 is 9.47 Å². The van der Waals surface area contributed by atoms with Crippen LogP contribution in [0.1, 0.15) is 5.56 Å². The third-order valence-electron chi connectivity index (χ3n) is 4.01. The van der Waals surface area contributed by atoms with Gasteiger partial charge in [-0.05, 0) is 23.3 Å². The highest BCUT2D eigenvalue weighted by Gasteiger charge is 2.14. The summed E-state index contributed by atoms with van der Waals surface area (Å²) in [7, 11) is 1.44. The van der Waals surface area contributed by atoms with Crippen molar-refractivity contribution in [1.82, 2.24) is 9.97 Å². The first-order chi connectivity index (χ1) is 12.8. The zero-order valence-corrected chi connectivity index (χ0v) is 14.8. The van der Waals surface area contributed by atoms with E-state index < -0.39 is 5.82 Å². The van der Waals surface area contributed by atoms with Gasteiger partial charge in [-0.15, -0.1) is 11.3 Å². The van der Waals surface area contributed by atoms with Crippen molar-refractivity contribution in [3.8, 4) is 22.8 Å². The summed E-state index contributed by atoms with van der Waals surface area (Å²) in [5, 5.41) is 2.92. The third kappa shape index (κ3) is 3.11. The maximum atomic E-state index is 13.9. The van der Waals surface area contributed by atoms with E-state index in [0.29, 0.717) is 11.4 Å². The van der Waals surface area contributed by atoms with E-state index in [9.17, 15) is 4.39 Å². The molecule has 0 amide bonds. The minimum atomic E-state index is -0.415. The van der Waals surface area contributed by atoms with E-state index in [4.69, 9.17) is 9.47 Å². The Hall–Kier alpha value is -2.99. The topological polar surface area (TPSA) is 44.2 Å². The van der Waals surface area contributed by atoms with Crippen LogP contribution >= 0.6 is 11.3 Å². The van der Waals surface area contributed by atoms with Crippen molar-refractivity contribution in [3.63, 3.8) is 0 Å². The second-order valence-corrected chi connectivity index (χ2v) is 6.49. The lowest BCUT2D eigenvalue weighted by atomic mass is 10.1. The highest BCUT2D eigenvalue weighted by Crippen LogP contribution is 2.37. The van der Waals surface area contributed by atoms with Gasteiger partial charge in [0.1, 0.15) is 17.8 Å². The quantitative estimate of drug-likeness (QED) is 0.494. The highest BCUT2D eigenvalue weighted by atomic mass is 32.1. The molecule has 4 rings (SSSR count). The van der Waals surface area contributed by atoms with E-state index in [-0.39, 0.29) is 12.4 Å². The maximum Gasteiger partial charge on any atom is 0.226 e. The molecule has 2 aromatic carbocycles. The summed E-state index contributed by atoms with van der Waals surface area (Å²) in [6.45, 7) is 0.205. The van der Waals surface area contributed by atoms with Gasteiger partial charge in [-0.1, -0.05) is 36.4 Å². The maximum absolute atomic E-state index is 13.9. The van der Waals surface area contributed by atoms with E-state index in [1.165, 1.54) is 19.5 Å². The molecule has 0 unspecified atom stereocenters. The lowest BCUT2D eigenvalue weighted by Crippen LogP contribution is -1.99. The predicted octanol–water partition coefficient (Wildman–Crippen LogP) is 5.09. The lowest BCUT2D eigenvalue weighted by Gasteiger charge is -2.09. The number of aromatic nitrogens is 2. The van der Waals surface area contributed by atoms with Crippen LogP contribution in [0.5, 0.6) is 11.6 Å². The first kappa shape index (κ1) is 16.5. The molecular weight excluding hydrogens is 351 g/mol. The van der Waals surface area contributed by atoms with Crippen molar-refractivity contribution in [2.45, 2.75) is 6.61 Å². The SMILES string of the molecule is COc1ccc(COc2ncnc3scc(-c4ccccc4)c23)cc1F. The Kier molecular flexibility index (Phi) is 4.50. The van der Waals surface area contributed by atoms with Crippen molar-refractivity contribution in [2.75, 3.05) is 7.11 Å². The van der Waals surface area contributed by atoms with Crippen LogP contribution in [0.15, 0.2) is 60.2 Å². The Morgan fingerprint density at radius 3 is 2.69 bits per heavy atom. The number of halogens is 1. The molecule has 0 bridgehead atoms. The fraction of sp³-hybridized carbons (Fsp3) is 0.100. The second-order valence-electron chi connectivity index (χ2n) is 5.63. The average Bonchev–Trinajstić information content (AvgIpc) is 3.12. The summed E-state index contributed by atoms with van der Waals surface area (Å²) >= 11 is 1.54. The summed E-state index contributed by atoms with van der Waals surface area (Å²) in [5.74, 6) is 0.288. The van der Waals surface area contributed by atoms with E-state index in [1.807, 2.05) is 30.3 Å². The molecule has 0 fully saturated rings. The summed E-state index contributed by atoms with van der Waals surface area (Å²) in [5.41, 5.74) is 2.81. The number of hydrogen-bond donors (Lipinski definition) is 0. The molecule has 0 saturated heterocycles. The van der Waals surface area contributed by atoms with Crippen molar-refractivity contribution in [1.29, 1.82) is 0 Å². The monoisotopic (exact) mass is 366 g/mol. The van der Waals surface area contributed by atoms with Gasteiger partial charge in [-0.2, -0.15) is 0 Å². The van der Waals surface area contributed by atoms with E-state index in [2.05, 4.69) is 15.3 Å². The number of ether oxygens (including phenoxy) is 2. The van der Waals surface area contributed by atoms with Crippen LogP contribution in [-0.2, 0) is 6.61 Å². The zero-order chi connectivity index (χ0) is 17.9. The van der Waals surface area contributed by atoms with Crippen molar-refractivity contribution in [2.24, 2.45) is 0 Å². The van der Waals surface area contributed by atoms with Crippen LogP contribution in [0.2, 0.25) is 0 Å². The Balaban J connectivity index is 1.66. The fourth-order valence-corrected chi connectivity index (χ4v) is 3.65.